The van der Waals surface area contributed by atoms with Gasteiger partial charge in [0, 0.05) is 20.8 Å². The predicted molar refractivity (Wildman–Crippen MR) is 136 cm³/mol. The summed E-state index contributed by atoms with van der Waals surface area (Å²) in [6, 6.07) is 18.6. The van der Waals surface area contributed by atoms with Gasteiger partial charge in [0.15, 0.2) is 0 Å². The van der Waals surface area contributed by atoms with Crippen LogP contribution in [-0.4, -0.2) is 29.6 Å². The second-order valence-corrected chi connectivity index (χ2v) is 9.63. The first-order valence-electron chi connectivity index (χ1n) is 10.4. The molecule has 1 aromatic heterocycles. The summed E-state index contributed by atoms with van der Waals surface area (Å²) >= 11 is 13.6. The number of fused-ring (bicyclic) bond motifs is 1. The summed E-state index contributed by atoms with van der Waals surface area (Å²) in [5.41, 5.74) is 1.08. The third kappa shape index (κ3) is 4.43. The predicted octanol–water partition coefficient (Wildman–Crippen LogP) is 6.86. The number of nitrogens with zero attached hydrogens (tertiary/aromatic N) is 1. The molecule has 2 heterocycles. The molecule has 1 atom stereocenters. The van der Waals surface area contributed by atoms with Gasteiger partial charge < -0.3 is 15.2 Å². The van der Waals surface area contributed by atoms with Gasteiger partial charge in [-0.15, -0.1) is 11.3 Å². The number of amides is 2. The second kappa shape index (κ2) is 9.22. The zero-order chi connectivity index (χ0) is 24.7. The molecule has 7 nitrogen and oxygen atoms in total. The maximum atomic E-state index is 13.0. The van der Waals surface area contributed by atoms with Crippen LogP contribution in [0.4, 0.5) is 16.2 Å². The number of rotatable bonds is 5. The van der Waals surface area contributed by atoms with Gasteiger partial charge in [-0.25, -0.2) is 9.59 Å². The first-order chi connectivity index (χ1) is 16.8. The second-order valence-electron chi connectivity index (χ2n) is 7.77. The third-order valence-corrected chi connectivity index (χ3v) is 7.51. The van der Waals surface area contributed by atoms with E-state index in [0.717, 1.165) is 15.6 Å². The fraction of sp³-hybridized carbons (Fsp3) is 0.0800. The van der Waals surface area contributed by atoms with Crippen molar-refractivity contribution in [2.24, 2.45) is 0 Å². The van der Waals surface area contributed by atoms with Crippen molar-refractivity contribution in [3.05, 3.63) is 92.8 Å². The number of benzene rings is 3. The minimum Gasteiger partial charge on any atom is -0.478 e. The summed E-state index contributed by atoms with van der Waals surface area (Å²) in [5, 5.41) is 13.9. The SMILES string of the molecule is O=C(O)c1ccc(N2CC(c3ccc(Cl)cc3)OC2=O)cc1NC(=O)c1sc2ccccc2c1Cl. The lowest BCUT2D eigenvalue weighted by atomic mass is 10.1. The lowest BCUT2D eigenvalue weighted by molar-refractivity contribution is 0.0698. The number of carbonyl (C=O) groups is 3. The molecule has 1 saturated heterocycles. The Morgan fingerprint density at radius 2 is 1.80 bits per heavy atom. The van der Waals surface area contributed by atoms with Gasteiger partial charge in [-0.3, -0.25) is 9.69 Å². The van der Waals surface area contributed by atoms with E-state index in [4.69, 9.17) is 27.9 Å². The van der Waals surface area contributed by atoms with Crippen LogP contribution in [0.5, 0.6) is 0 Å². The molecule has 0 saturated carbocycles. The molecule has 1 fully saturated rings. The van der Waals surface area contributed by atoms with Crippen LogP contribution in [0.1, 0.15) is 31.7 Å². The first kappa shape index (κ1) is 23.2. The number of carboxylic acids is 1. The number of hydrogen-bond donors (Lipinski definition) is 2. The summed E-state index contributed by atoms with van der Waals surface area (Å²) in [6.07, 6.45) is -1.10. The number of hydrogen-bond acceptors (Lipinski definition) is 5. The molecule has 1 aliphatic rings. The Morgan fingerprint density at radius 1 is 1.06 bits per heavy atom. The molecule has 5 rings (SSSR count). The molecule has 35 heavy (non-hydrogen) atoms. The highest BCUT2D eigenvalue weighted by Gasteiger charge is 2.34. The van der Waals surface area contributed by atoms with E-state index in [-0.39, 0.29) is 22.7 Å². The topological polar surface area (TPSA) is 95.9 Å². The van der Waals surface area contributed by atoms with Crippen LogP contribution >= 0.6 is 34.5 Å². The zero-order valence-corrected chi connectivity index (χ0v) is 20.2. The van der Waals surface area contributed by atoms with Crippen molar-refractivity contribution in [3.63, 3.8) is 0 Å². The fourth-order valence-corrected chi connectivity index (χ4v) is 5.39. The van der Waals surface area contributed by atoms with Crippen LogP contribution in [0.3, 0.4) is 0 Å². The molecule has 0 radical (unpaired) electrons. The van der Waals surface area contributed by atoms with Crippen LogP contribution in [-0.2, 0) is 4.74 Å². The van der Waals surface area contributed by atoms with Crippen LogP contribution in [0.15, 0.2) is 66.7 Å². The van der Waals surface area contributed by atoms with Crippen molar-refractivity contribution in [3.8, 4) is 0 Å². The monoisotopic (exact) mass is 526 g/mol. The number of ether oxygens (including phenoxy) is 1. The molecule has 0 bridgehead atoms. The molecular formula is C25H16Cl2N2O5S. The van der Waals surface area contributed by atoms with Crippen molar-refractivity contribution in [1.29, 1.82) is 0 Å². The summed E-state index contributed by atoms with van der Waals surface area (Å²) in [7, 11) is 0. The Labute approximate surface area is 213 Å². The van der Waals surface area contributed by atoms with Gasteiger partial charge in [0.1, 0.15) is 11.0 Å². The summed E-state index contributed by atoms with van der Waals surface area (Å²) in [5.74, 6) is -1.77. The van der Waals surface area contributed by atoms with Crippen molar-refractivity contribution in [1.82, 2.24) is 0 Å². The number of carbonyl (C=O) groups excluding carboxylic acids is 2. The number of aromatic carboxylic acids is 1. The lowest BCUT2D eigenvalue weighted by Crippen LogP contribution is -2.24. The van der Waals surface area contributed by atoms with Crippen molar-refractivity contribution < 1.29 is 24.2 Å². The van der Waals surface area contributed by atoms with E-state index in [1.807, 2.05) is 24.3 Å². The van der Waals surface area contributed by atoms with Crippen LogP contribution in [0, 0.1) is 0 Å². The number of cyclic esters (lactones) is 1. The van der Waals surface area contributed by atoms with E-state index in [9.17, 15) is 19.5 Å². The number of thiophene rings is 1. The quantitative estimate of drug-likeness (QED) is 0.296. The molecule has 1 unspecified atom stereocenters. The minimum absolute atomic E-state index is 0.0382. The summed E-state index contributed by atoms with van der Waals surface area (Å²) < 4.78 is 6.33. The average molecular weight is 527 g/mol. The molecule has 10 heteroatoms. The van der Waals surface area contributed by atoms with Gasteiger partial charge in [-0.1, -0.05) is 53.5 Å². The number of anilines is 2. The highest BCUT2D eigenvalue weighted by Crippen LogP contribution is 2.37. The van der Waals surface area contributed by atoms with E-state index in [0.29, 0.717) is 15.7 Å². The maximum Gasteiger partial charge on any atom is 0.415 e. The highest BCUT2D eigenvalue weighted by molar-refractivity contribution is 7.21. The maximum absolute atomic E-state index is 13.0. The Hall–Kier alpha value is -3.59. The standard InChI is InChI=1S/C25H16Cl2N2O5S/c26-14-7-5-13(6-8-14)19-12-29(25(33)34-19)15-9-10-16(24(31)32)18(11-15)28-23(30)22-21(27)17-3-1-2-4-20(17)35-22/h1-11,19H,12H2,(H,28,30)(H,31,32). The summed E-state index contributed by atoms with van der Waals surface area (Å²) in [6.45, 7) is 0.211. The molecular weight excluding hydrogens is 511 g/mol. The molecule has 176 valence electrons. The molecule has 4 aromatic rings. The van der Waals surface area contributed by atoms with Gasteiger partial charge >= 0.3 is 12.1 Å². The highest BCUT2D eigenvalue weighted by atomic mass is 35.5. The first-order valence-corrected chi connectivity index (χ1v) is 12.0. The number of nitrogens with one attached hydrogen (secondary N) is 1. The lowest BCUT2D eigenvalue weighted by Gasteiger charge is -2.16. The average Bonchev–Trinajstić information content (AvgIpc) is 3.39. The number of halogens is 2. The van der Waals surface area contributed by atoms with E-state index in [1.165, 1.54) is 34.4 Å². The molecule has 0 aliphatic carbocycles. The Bertz CT molecular complexity index is 1490. The van der Waals surface area contributed by atoms with Crippen molar-refractivity contribution in [2.75, 3.05) is 16.8 Å². The molecule has 1 aliphatic heterocycles. The van der Waals surface area contributed by atoms with Gasteiger partial charge in [0.25, 0.3) is 5.91 Å². The molecule has 2 amide bonds. The van der Waals surface area contributed by atoms with Crippen molar-refractivity contribution >= 4 is 74.0 Å². The summed E-state index contributed by atoms with van der Waals surface area (Å²) in [4.78, 5) is 39.1. The largest absolute Gasteiger partial charge is 0.478 e. The van der Waals surface area contributed by atoms with Gasteiger partial charge in [0.05, 0.1) is 22.8 Å². The molecule has 2 N–H and O–H groups in total. The van der Waals surface area contributed by atoms with Crippen LogP contribution in [0.25, 0.3) is 10.1 Å². The zero-order valence-electron chi connectivity index (χ0n) is 17.8. The minimum atomic E-state index is -1.22. The van der Waals surface area contributed by atoms with Crippen molar-refractivity contribution in [2.45, 2.75) is 6.10 Å². The molecule has 3 aromatic carbocycles. The van der Waals surface area contributed by atoms with E-state index in [1.54, 1.807) is 24.3 Å². The van der Waals surface area contributed by atoms with Gasteiger partial charge in [-0.2, -0.15) is 0 Å². The Morgan fingerprint density at radius 3 is 2.51 bits per heavy atom. The fourth-order valence-electron chi connectivity index (χ4n) is 3.85. The van der Waals surface area contributed by atoms with E-state index in [2.05, 4.69) is 5.32 Å². The Balaban J connectivity index is 1.44. The van der Waals surface area contributed by atoms with E-state index >= 15 is 0 Å². The smallest absolute Gasteiger partial charge is 0.415 e. The third-order valence-electron chi connectivity index (χ3n) is 5.59. The van der Waals surface area contributed by atoms with Crippen LogP contribution < -0.4 is 10.2 Å². The van der Waals surface area contributed by atoms with E-state index < -0.39 is 24.1 Å². The van der Waals surface area contributed by atoms with Gasteiger partial charge in [0.2, 0.25) is 0 Å². The van der Waals surface area contributed by atoms with Gasteiger partial charge in [-0.05, 0) is 42.0 Å². The Kier molecular flexibility index (Phi) is 6.10. The normalized spacial score (nSPS) is 15.3. The number of carboxylic acid groups (broad SMARTS) is 1. The molecule has 0 spiro atoms. The van der Waals surface area contributed by atoms with Crippen LogP contribution in [0.2, 0.25) is 10.0 Å².